The molecule has 0 heterocycles. The molecule has 0 amide bonds. The molecule has 0 fully saturated rings. The van der Waals surface area contributed by atoms with Gasteiger partial charge in [0.1, 0.15) is 0 Å². The minimum absolute atomic E-state index is 0.0881. The fraction of sp³-hybridized carbons (Fsp3) is 1.00. The zero-order chi connectivity index (χ0) is 11.0. The molecule has 4 N–H and O–H groups in total. The molecule has 0 aliphatic rings. The van der Waals surface area contributed by atoms with Crippen molar-refractivity contribution in [1.82, 2.24) is 5.32 Å². The van der Waals surface area contributed by atoms with Crippen LogP contribution in [0.4, 0.5) is 0 Å². The molecule has 14 heavy (non-hydrogen) atoms. The number of nitrogens with one attached hydrogen (secondary N) is 1. The summed E-state index contributed by atoms with van der Waals surface area (Å²) in [6.45, 7) is 5.07. The first-order valence-corrected chi connectivity index (χ1v) is 5.24. The standard InChI is InChI=1S/C10H23NO3/c1-3-10(4-2,8-13)7-11-5-9(14)6-12/h9,11-14H,3-8H2,1-2H3/t9-/m0/s1. The third kappa shape index (κ3) is 4.37. The van der Waals surface area contributed by atoms with Crippen LogP contribution in [0.25, 0.3) is 0 Å². The Labute approximate surface area is 86.0 Å². The molecule has 0 aliphatic heterocycles. The van der Waals surface area contributed by atoms with Crippen LogP contribution in [0.15, 0.2) is 0 Å². The van der Waals surface area contributed by atoms with E-state index in [1.165, 1.54) is 0 Å². The van der Waals surface area contributed by atoms with Gasteiger partial charge in [-0.15, -0.1) is 0 Å². The first-order valence-electron chi connectivity index (χ1n) is 5.24. The lowest BCUT2D eigenvalue weighted by molar-refractivity contribution is 0.0794. The highest BCUT2D eigenvalue weighted by atomic mass is 16.3. The van der Waals surface area contributed by atoms with Crippen molar-refractivity contribution >= 4 is 0 Å². The summed E-state index contributed by atoms with van der Waals surface area (Å²) in [5, 5.41) is 30.0. The zero-order valence-corrected chi connectivity index (χ0v) is 9.16. The maximum atomic E-state index is 9.25. The number of aliphatic hydroxyl groups is 3. The van der Waals surface area contributed by atoms with Gasteiger partial charge in [0.25, 0.3) is 0 Å². The molecule has 0 saturated heterocycles. The third-order valence-corrected chi connectivity index (χ3v) is 2.93. The fourth-order valence-electron chi connectivity index (χ4n) is 1.35. The average molecular weight is 205 g/mol. The Bertz CT molecular complexity index is 129. The molecule has 0 spiro atoms. The number of hydrogen-bond acceptors (Lipinski definition) is 4. The van der Waals surface area contributed by atoms with E-state index in [0.717, 1.165) is 12.8 Å². The molecule has 0 aromatic heterocycles. The highest BCUT2D eigenvalue weighted by Crippen LogP contribution is 2.24. The molecule has 0 saturated carbocycles. The highest BCUT2D eigenvalue weighted by molar-refractivity contribution is 4.78. The van der Waals surface area contributed by atoms with Gasteiger partial charge in [-0.25, -0.2) is 0 Å². The molecule has 0 aliphatic carbocycles. The van der Waals surface area contributed by atoms with E-state index < -0.39 is 6.10 Å². The Balaban J connectivity index is 3.82. The first kappa shape index (κ1) is 13.8. The van der Waals surface area contributed by atoms with E-state index in [1.807, 2.05) is 13.8 Å². The van der Waals surface area contributed by atoms with E-state index in [2.05, 4.69) is 5.32 Å². The van der Waals surface area contributed by atoms with Crippen LogP contribution in [0, 0.1) is 5.41 Å². The summed E-state index contributed by atoms with van der Waals surface area (Å²) in [5.74, 6) is 0. The lowest BCUT2D eigenvalue weighted by atomic mass is 9.83. The largest absolute Gasteiger partial charge is 0.396 e. The first-order chi connectivity index (χ1) is 6.64. The SMILES string of the molecule is CCC(CC)(CO)CNC[C@H](O)CO. The predicted molar refractivity (Wildman–Crippen MR) is 56.1 cm³/mol. The van der Waals surface area contributed by atoms with Gasteiger partial charge in [-0.2, -0.15) is 0 Å². The van der Waals surface area contributed by atoms with Crippen molar-refractivity contribution in [3.63, 3.8) is 0 Å². The molecule has 0 rings (SSSR count). The van der Waals surface area contributed by atoms with Crippen LogP contribution in [0.1, 0.15) is 26.7 Å². The van der Waals surface area contributed by atoms with Crippen LogP contribution < -0.4 is 5.32 Å². The zero-order valence-electron chi connectivity index (χ0n) is 9.16. The lowest BCUT2D eigenvalue weighted by Crippen LogP contribution is -2.40. The fourth-order valence-corrected chi connectivity index (χ4v) is 1.35. The van der Waals surface area contributed by atoms with Gasteiger partial charge in [-0.1, -0.05) is 13.8 Å². The minimum atomic E-state index is -0.708. The van der Waals surface area contributed by atoms with Gasteiger partial charge in [-0.05, 0) is 12.8 Å². The van der Waals surface area contributed by atoms with Crippen LogP contribution >= 0.6 is 0 Å². The number of hydrogen-bond donors (Lipinski definition) is 4. The maximum Gasteiger partial charge on any atom is 0.0894 e. The highest BCUT2D eigenvalue weighted by Gasteiger charge is 2.24. The van der Waals surface area contributed by atoms with E-state index in [9.17, 15) is 5.11 Å². The van der Waals surface area contributed by atoms with E-state index in [-0.39, 0.29) is 18.6 Å². The lowest BCUT2D eigenvalue weighted by Gasteiger charge is -2.30. The molecular weight excluding hydrogens is 182 g/mol. The van der Waals surface area contributed by atoms with Gasteiger partial charge < -0.3 is 20.6 Å². The van der Waals surface area contributed by atoms with Gasteiger partial charge in [0.2, 0.25) is 0 Å². The quantitative estimate of drug-likeness (QED) is 0.440. The topological polar surface area (TPSA) is 72.7 Å². The summed E-state index contributed by atoms with van der Waals surface area (Å²) >= 11 is 0. The summed E-state index contributed by atoms with van der Waals surface area (Å²) in [6, 6.07) is 0. The van der Waals surface area contributed by atoms with Gasteiger partial charge in [-0.3, -0.25) is 0 Å². The van der Waals surface area contributed by atoms with Gasteiger partial charge >= 0.3 is 0 Å². The van der Waals surface area contributed by atoms with Crippen molar-refractivity contribution in [3.8, 4) is 0 Å². The second-order valence-electron chi connectivity index (χ2n) is 3.83. The van der Waals surface area contributed by atoms with Gasteiger partial charge in [0.05, 0.1) is 12.7 Å². The van der Waals surface area contributed by atoms with Crippen LogP contribution in [0.5, 0.6) is 0 Å². The Kier molecular flexibility index (Phi) is 7.09. The van der Waals surface area contributed by atoms with Crippen LogP contribution in [0.3, 0.4) is 0 Å². The number of aliphatic hydroxyl groups excluding tert-OH is 3. The Morgan fingerprint density at radius 3 is 2.14 bits per heavy atom. The van der Waals surface area contributed by atoms with Gasteiger partial charge in [0.15, 0.2) is 0 Å². The molecule has 4 heteroatoms. The summed E-state index contributed by atoms with van der Waals surface area (Å²) in [4.78, 5) is 0. The normalized spacial score (nSPS) is 14.4. The molecular formula is C10H23NO3. The minimum Gasteiger partial charge on any atom is -0.396 e. The van der Waals surface area contributed by atoms with E-state index in [4.69, 9.17) is 10.2 Å². The predicted octanol–water partition coefficient (Wildman–Crippen LogP) is -0.272. The second kappa shape index (κ2) is 7.17. The Morgan fingerprint density at radius 1 is 1.21 bits per heavy atom. The van der Waals surface area contributed by atoms with E-state index in [1.54, 1.807) is 0 Å². The van der Waals surface area contributed by atoms with Crippen LogP contribution in [0.2, 0.25) is 0 Å². The van der Waals surface area contributed by atoms with E-state index >= 15 is 0 Å². The summed E-state index contributed by atoms with van der Waals surface area (Å²) in [5.41, 5.74) is -0.0881. The molecule has 0 aromatic rings. The monoisotopic (exact) mass is 205 g/mol. The molecule has 1 atom stereocenters. The van der Waals surface area contributed by atoms with Crippen molar-refractivity contribution in [2.45, 2.75) is 32.8 Å². The molecule has 0 bridgehead atoms. The number of rotatable bonds is 8. The van der Waals surface area contributed by atoms with Crippen molar-refractivity contribution < 1.29 is 15.3 Å². The van der Waals surface area contributed by atoms with Crippen molar-refractivity contribution in [3.05, 3.63) is 0 Å². The van der Waals surface area contributed by atoms with Crippen molar-refractivity contribution in [2.75, 3.05) is 26.3 Å². The van der Waals surface area contributed by atoms with E-state index in [0.29, 0.717) is 13.1 Å². The van der Waals surface area contributed by atoms with Crippen LogP contribution in [-0.4, -0.2) is 47.7 Å². The Morgan fingerprint density at radius 2 is 1.79 bits per heavy atom. The molecule has 86 valence electrons. The van der Waals surface area contributed by atoms with Crippen molar-refractivity contribution in [2.24, 2.45) is 5.41 Å². The smallest absolute Gasteiger partial charge is 0.0894 e. The van der Waals surface area contributed by atoms with Crippen molar-refractivity contribution in [1.29, 1.82) is 0 Å². The summed E-state index contributed by atoms with van der Waals surface area (Å²) < 4.78 is 0. The van der Waals surface area contributed by atoms with Gasteiger partial charge in [0, 0.05) is 25.1 Å². The Hall–Kier alpha value is -0.160. The summed E-state index contributed by atoms with van der Waals surface area (Å²) in [7, 11) is 0. The summed E-state index contributed by atoms with van der Waals surface area (Å²) in [6.07, 6.45) is 1.10. The molecule has 0 unspecified atom stereocenters. The average Bonchev–Trinajstić information content (AvgIpc) is 2.25. The second-order valence-corrected chi connectivity index (χ2v) is 3.83. The molecule has 0 aromatic carbocycles. The third-order valence-electron chi connectivity index (χ3n) is 2.93. The molecule has 0 radical (unpaired) electrons. The van der Waals surface area contributed by atoms with Crippen LogP contribution in [-0.2, 0) is 0 Å². The maximum absolute atomic E-state index is 9.25. The molecule has 4 nitrogen and oxygen atoms in total.